The van der Waals surface area contributed by atoms with Gasteiger partial charge in [0, 0.05) is 31.2 Å². The first kappa shape index (κ1) is 14.2. The van der Waals surface area contributed by atoms with Crippen molar-refractivity contribution < 1.29 is 4.92 Å². The van der Waals surface area contributed by atoms with E-state index in [2.05, 4.69) is 15.3 Å². The average Bonchev–Trinajstić information content (AvgIpc) is 2.85. The highest BCUT2D eigenvalue weighted by molar-refractivity contribution is 7.13. The van der Waals surface area contributed by atoms with Gasteiger partial charge in [-0.2, -0.15) is 0 Å². The average molecular weight is 293 g/mol. The number of nitro groups is 1. The molecule has 0 aliphatic carbocycles. The molecule has 20 heavy (non-hydrogen) atoms. The molecule has 0 atom stereocenters. The van der Waals surface area contributed by atoms with E-state index < -0.39 is 4.92 Å². The lowest BCUT2D eigenvalue weighted by atomic mass is 10.3. The van der Waals surface area contributed by atoms with Crippen LogP contribution in [0.4, 0.5) is 16.6 Å². The molecule has 0 fully saturated rings. The Hall–Kier alpha value is -2.22. The smallest absolute Gasteiger partial charge is 0.311 e. The summed E-state index contributed by atoms with van der Waals surface area (Å²) in [5.41, 5.74) is 1.53. The van der Waals surface area contributed by atoms with Crippen LogP contribution in [0.1, 0.15) is 11.4 Å². The van der Waals surface area contributed by atoms with E-state index in [1.165, 1.54) is 17.4 Å². The van der Waals surface area contributed by atoms with Gasteiger partial charge >= 0.3 is 5.69 Å². The van der Waals surface area contributed by atoms with Gasteiger partial charge in [-0.25, -0.2) is 9.97 Å². The molecule has 8 heteroatoms. The second-order valence-corrected chi connectivity index (χ2v) is 5.28. The molecule has 7 nitrogen and oxygen atoms in total. The van der Waals surface area contributed by atoms with Crippen LogP contribution in [-0.2, 0) is 6.54 Å². The van der Waals surface area contributed by atoms with Crippen LogP contribution < -0.4 is 10.2 Å². The van der Waals surface area contributed by atoms with E-state index in [1.807, 2.05) is 24.4 Å². The second kappa shape index (κ2) is 5.83. The van der Waals surface area contributed by atoms with Crippen LogP contribution in [0.3, 0.4) is 0 Å². The lowest BCUT2D eigenvalue weighted by molar-refractivity contribution is -0.384. The second-order valence-electron chi connectivity index (χ2n) is 4.45. The summed E-state index contributed by atoms with van der Waals surface area (Å²) in [5.74, 6) is 0.273. The van der Waals surface area contributed by atoms with E-state index in [0.29, 0.717) is 6.54 Å². The predicted octanol–water partition coefficient (Wildman–Crippen LogP) is 2.43. The van der Waals surface area contributed by atoms with Crippen LogP contribution in [0, 0.1) is 17.0 Å². The third-order valence-corrected chi connectivity index (χ3v) is 3.63. The van der Waals surface area contributed by atoms with Crippen molar-refractivity contribution in [3.05, 3.63) is 39.0 Å². The summed E-state index contributed by atoms with van der Waals surface area (Å²) in [6.45, 7) is 2.20. The number of anilines is 2. The minimum atomic E-state index is -0.443. The van der Waals surface area contributed by atoms with E-state index in [1.54, 1.807) is 13.0 Å². The molecular formula is C12H15N5O2S. The van der Waals surface area contributed by atoms with Gasteiger partial charge < -0.3 is 10.2 Å². The Bertz CT molecular complexity index is 626. The Morgan fingerprint density at radius 3 is 2.75 bits per heavy atom. The first-order chi connectivity index (χ1) is 9.47. The first-order valence-corrected chi connectivity index (χ1v) is 6.83. The minimum Gasteiger partial charge on any atom is -0.359 e. The molecule has 1 N–H and O–H groups in total. The van der Waals surface area contributed by atoms with Crippen molar-refractivity contribution in [3.63, 3.8) is 0 Å². The van der Waals surface area contributed by atoms with Crippen LogP contribution in [0.5, 0.6) is 0 Å². The third kappa shape index (κ3) is 3.21. The third-order valence-electron chi connectivity index (χ3n) is 2.57. The first-order valence-electron chi connectivity index (χ1n) is 5.95. The van der Waals surface area contributed by atoms with Crippen LogP contribution in [0.2, 0.25) is 0 Å². The van der Waals surface area contributed by atoms with Gasteiger partial charge in [-0.1, -0.05) is 0 Å². The van der Waals surface area contributed by atoms with Crippen molar-refractivity contribution in [2.45, 2.75) is 13.5 Å². The van der Waals surface area contributed by atoms with E-state index in [-0.39, 0.29) is 11.5 Å². The largest absolute Gasteiger partial charge is 0.359 e. The molecule has 0 aromatic carbocycles. The highest BCUT2D eigenvalue weighted by Crippen LogP contribution is 2.23. The predicted molar refractivity (Wildman–Crippen MR) is 79.4 cm³/mol. The zero-order valence-electron chi connectivity index (χ0n) is 11.5. The quantitative estimate of drug-likeness (QED) is 0.673. The maximum Gasteiger partial charge on any atom is 0.311 e. The fourth-order valence-electron chi connectivity index (χ4n) is 1.58. The van der Waals surface area contributed by atoms with Gasteiger partial charge in [-0.15, -0.1) is 11.3 Å². The lowest BCUT2D eigenvalue weighted by Gasteiger charge is -2.07. The van der Waals surface area contributed by atoms with Gasteiger partial charge in [0.15, 0.2) is 5.13 Å². The fourth-order valence-corrected chi connectivity index (χ4v) is 2.34. The van der Waals surface area contributed by atoms with Crippen LogP contribution >= 0.6 is 11.3 Å². The molecule has 0 radical (unpaired) electrons. The molecule has 0 bridgehead atoms. The van der Waals surface area contributed by atoms with Crippen LogP contribution in [0.15, 0.2) is 17.5 Å². The molecular weight excluding hydrogens is 278 g/mol. The maximum atomic E-state index is 10.9. The Balaban J connectivity index is 2.13. The lowest BCUT2D eigenvalue weighted by Crippen LogP contribution is -2.09. The highest BCUT2D eigenvalue weighted by Gasteiger charge is 2.15. The molecule has 0 amide bonds. The summed E-state index contributed by atoms with van der Waals surface area (Å²) in [4.78, 5) is 21.0. The monoisotopic (exact) mass is 293 g/mol. The Labute approximate surface area is 120 Å². The van der Waals surface area contributed by atoms with E-state index >= 15 is 0 Å². The van der Waals surface area contributed by atoms with Crippen molar-refractivity contribution in [2.75, 3.05) is 24.3 Å². The Kier molecular flexibility index (Phi) is 4.14. The minimum absolute atomic E-state index is 0.0290. The molecule has 2 heterocycles. The molecule has 106 valence electrons. The Morgan fingerprint density at radius 2 is 2.15 bits per heavy atom. The van der Waals surface area contributed by atoms with Gasteiger partial charge in [-0.3, -0.25) is 10.1 Å². The van der Waals surface area contributed by atoms with E-state index in [4.69, 9.17) is 0 Å². The maximum absolute atomic E-state index is 10.9. The van der Waals surface area contributed by atoms with Gasteiger partial charge in [0.2, 0.25) is 5.82 Å². The molecule has 0 saturated heterocycles. The zero-order valence-corrected chi connectivity index (χ0v) is 12.3. The fraction of sp³-hybridized carbons (Fsp3) is 0.333. The number of aromatic nitrogens is 2. The van der Waals surface area contributed by atoms with Crippen LogP contribution in [0.25, 0.3) is 0 Å². The van der Waals surface area contributed by atoms with E-state index in [0.717, 1.165) is 16.5 Å². The van der Waals surface area contributed by atoms with E-state index in [9.17, 15) is 10.1 Å². The number of nitrogens with one attached hydrogen (secondary N) is 1. The summed E-state index contributed by atoms with van der Waals surface area (Å²) >= 11 is 1.53. The number of hydrogen-bond acceptors (Lipinski definition) is 7. The normalized spacial score (nSPS) is 10.3. The summed E-state index contributed by atoms with van der Waals surface area (Å²) in [5, 5.41) is 16.7. The van der Waals surface area contributed by atoms with Crippen molar-refractivity contribution in [1.82, 2.24) is 9.97 Å². The van der Waals surface area contributed by atoms with Crippen molar-refractivity contribution >= 4 is 28.0 Å². The van der Waals surface area contributed by atoms with Gasteiger partial charge in [0.05, 0.1) is 17.2 Å². The number of rotatable bonds is 5. The summed E-state index contributed by atoms with van der Waals surface area (Å²) in [6.07, 6.45) is 0. The van der Waals surface area contributed by atoms with Crippen LogP contribution in [-0.4, -0.2) is 29.0 Å². The Morgan fingerprint density at radius 1 is 1.40 bits per heavy atom. The van der Waals surface area contributed by atoms with Crippen molar-refractivity contribution in [1.29, 1.82) is 0 Å². The molecule has 0 unspecified atom stereocenters. The topological polar surface area (TPSA) is 84.2 Å². The molecule has 2 aromatic heterocycles. The molecule has 0 spiro atoms. The van der Waals surface area contributed by atoms with Gasteiger partial charge in [0.25, 0.3) is 0 Å². The zero-order chi connectivity index (χ0) is 14.7. The summed E-state index contributed by atoms with van der Waals surface area (Å²) in [7, 11) is 3.84. The molecule has 2 aromatic rings. The molecule has 0 aliphatic rings. The SMILES string of the molecule is Cc1ccc([N+](=O)[O-])c(NCc2csc(N(C)C)n2)n1. The van der Waals surface area contributed by atoms with Crippen molar-refractivity contribution in [3.8, 4) is 0 Å². The number of nitrogens with zero attached hydrogens (tertiary/aromatic N) is 4. The standard InChI is InChI=1S/C12H15N5O2S/c1-8-4-5-10(17(18)19)11(14-8)13-6-9-7-20-12(15-9)16(2)3/h4-5,7H,6H2,1-3H3,(H,13,14). The number of hydrogen-bond donors (Lipinski definition) is 1. The highest BCUT2D eigenvalue weighted by atomic mass is 32.1. The summed E-state index contributed by atoms with van der Waals surface area (Å²) in [6, 6.07) is 3.08. The molecule has 2 rings (SSSR count). The number of pyridine rings is 1. The van der Waals surface area contributed by atoms with Crippen molar-refractivity contribution in [2.24, 2.45) is 0 Å². The number of thiazole rings is 1. The van der Waals surface area contributed by atoms with Gasteiger partial charge in [-0.05, 0) is 13.0 Å². The molecule has 0 aliphatic heterocycles. The van der Waals surface area contributed by atoms with Gasteiger partial charge in [0.1, 0.15) is 0 Å². The molecule has 0 saturated carbocycles. The summed E-state index contributed by atoms with van der Waals surface area (Å²) < 4.78 is 0. The number of aryl methyl sites for hydroxylation is 1.